The van der Waals surface area contributed by atoms with Gasteiger partial charge in [-0.2, -0.15) is 0 Å². The molecular weight excluding hydrogens is 208 g/mol. The van der Waals surface area contributed by atoms with Gasteiger partial charge in [-0.25, -0.2) is 9.97 Å². The number of rotatable bonds is 3. The molecule has 0 saturated carbocycles. The lowest BCUT2D eigenvalue weighted by Gasteiger charge is -2.01. The first-order valence-corrected chi connectivity index (χ1v) is 5.30. The van der Waals surface area contributed by atoms with Crippen molar-refractivity contribution in [3.05, 3.63) is 42.5 Å². The van der Waals surface area contributed by atoms with Gasteiger partial charge in [-0.1, -0.05) is 6.07 Å². The van der Waals surface area contributed by atoms with Crippen LogP contribution in [0.2, 0.25) is 0 Å². The quantitative estimate of drug-likeness (QED) is 0.845. The summed E-state index contributed by atoms with van der Waals surface area (Å²) in [4.78, 5) is 12.5. The fourth-order valence-corrected chi connectivity index (χ4v) is 1.82. The van der Waals surface area contributed by atoms with E-state index in [0.29, 0.717) is 6.54 Å². The maximum absolute atomic E-state index is 5.51. The van der Waals surface area contributed by atoms with E-state index in [1.807, 2.05) is 18.2 Å². The first kappa shape index (κ1) is 10.1. The van der Waals surface area contributed by atoms with Gasteiger partial charge in [-0.3, -0.25) is 4.98 Å². The highest BCUT2D eigenvalue weighted by molar-refractivity contribution is 7.99. The summed E-state index contributed by atoms with van der Waals surface area (Å²) in [5.74, 6) is 0. The maximum Gasteiger partial charge on any atom is 0.121 e. The summed E-state index contributed by atoms with van der Waals surface area (Å²) in [5.41, 5.74) is 6.39. The zero-order chi connectivity index (χ0) is 10.5. The van der Waals surface area contributed by atoms with Gasteiger partial charge in [0, 0.05) is 18.9 Å². The molecular formula is C10H10N4S. The number of hydrogen-bond acceptors (Lipinski definition) is 5. The Morgan fingerprint density at radius 2 is 2.13 bits per heavy atom. The molecule has 0 saturated heterocycles. The summed E-state index contributed by atoms with van der Waals surface area (Å²) in [5, 5.41) is 1.72. The smallest absolute Gasteiger partial charge is 0.121 e. The summed E-state index contributed by atoms with van der Waals surface area (Å²) in [6.45, 7) is 0.453. The molecule has 0 amide bonds. The minimum atomic E-state index is 0.453. The average Bonchev–Trinajstić information content (AvgIpc) is 2.31. The van der Waals surface area contributed by atoms with E-state index in [1.54, 1.807) is 18.6 Å². The molecule has 76 valence electrons. The molecule has 0 atom stereocenters. The average molecular weight is 218 g/mol. The zero-order valence-corrected chi connectivity index (χ0v) is 8.81. The molecule has 15 heavy (non-hydrogen) atoms. The molecule has 4 nitrogen and oxygen atoms in total. The Hall–Kier alpha value is -1.46. The van der Waals surface area contributed by atoms with E-state index in [1.165, 1.54) is 11.8 Å². The summed E-state index contributed by atoms with van der Waals surface area (Å²) in [6, 6.07) is 5.77. The third kappa shape index (κ3) is 2.74. The van der Waals surface area contributed by atoms with Crippen molar-refractivity contribution in [2.45, 2.75) is 16.6 Å². The second kappa shape index (κ2) is 4.86. The Kier molecular flexibility index (Phi) is 3.26. The van der Waals surface area contributed by atoms with Crippen molar-refractivity contribution in [2.75, 3.05) is 0 Å². The molecule has 0 spiro atoms. The molecule has 2 heterocycles. The van der Waals surface area contributed by atoms with Crippen molar-refractivity contribution in [3.8, 4) is 0 Å². The Morgan fingerprint density at radius 1 is 1.20 bits per heavy atom. The van der Waals surface area contributed by atoms with Crippen molar-refractivity contribution >= 4 is 11.8 Å². The summed E-state index contributed by atoms with van der Waals surface area (Å²) < 4.78 is 0. The molecule has 0 aliphatic heterocycles. The van der Waals surface area contributed by atoms with E-state index in [2.05, 4.69) is 15.0 Å². The molecule has 5 heteroatoms. The second-order valence-corrected chi connectivity index (χ2v) is 3.86. The molecule has 0 aliphatic carbocycles. The van der Waals surface area contributed by atoms with Crippen LogP contribution in [0, 0.1) is 0 Å². The zero-order valence-electron chi connectivity index (χ0n) is 8.00. The number of aromatic nitrogens is 3. The molecule has 2 aromatic rings. The second-order valence-electron chi connectivity index (χ2n) is 2.82. The molecule has 0 bridgehead atoms. The fourth-order valence-electron chi connectivity index (χ4n) is 1.07. The lowest BCUT2D eigenvalue weighted by Crippen LogP contribution is -1.99. The van der Waals surface area contributed by atoms with E-state index in [9.17, 15) is 0 Å². The number of nitrogens with two attached hydrogens (primary N) is 1. The van der Waals surface area contributed by atoms with Crippen LogP contribution >= 0.6 is 11.8 Å². The fraction of sp³-hybridized carbons (Fsp3) is 0.100. The molecule has 0 aliphatic rings. The van der Waals surface area contributed by atoms with E-state index in [-0.39, 0.29) is 0 Å². The van der Waals surface area contributed by atoms with E-state index in [4.69, 9.17) is 5.73 Å². The molecule has 0 aromatic carbocycles. The minimum Gasteiger partial charge on any atom is -0.325 e. The molecule has 0 unspecified atom stereocenters. The minimum absolute atomic E-state index is 0.453. The first-order chi connectivity index (χ1) is 7.38. The van der Waals surface area contributed by atoms with Crippen LogP contribution in [-0.2, 0) is 6.54 Å². The van der Waals surface area contributed by atoms with Gasteiger partial charge in [0.2, 0.25) is 0 Å². The summed E-state index contributed by atoms with van der Waals surface area (Å²) >= 11 is 1.48. The highest BCUT2D eigenvalue weighted by Crippen LogP contribution is 2.22. The number of hydrogen-bond donors (Lipinski definition) is 1. The van der Waals surface area contributed by atoms with Crippen LogP contribution < -0.4 is 5.73 Å². The molecule has 0 radical (unpaired) electrons. The van der Waals surface area contributed by atoms with E-state index in [0.717, 1.165) is 15.7 Å². The van der Waals surface area contributed by atoms with Crippen LogP contribution in [0.4, 0.5) is 0 Å². The van der Waals surface area contributed by atoms with Gasteiger partial charge in [0.25, 0.3) is 0 Å². The van der Waals surface area contributed by atoms with Gasteiger partial charge in [-0.05, 0) is 23.9 Å². The molecule has 2 rings (SSSR count). The lowest BCUT2D eigenvalue weighted by atomic mass is 10.4. The third-order valence-corrected chi connectivity index (χ3v) is 2.60. The Bertz CT molecular complexity index is 432. The number of nitrogens with zero attached hydrogens (tertiary/aromatic N) is 3. The van der Waals surface area contributed by atoms with Crippen molar-refractivity contribution in [1.29, 1.82) is 0 Å². The van der Waals surface area contributed by atoms with Crippen molar-refractivity contribution in [1.82, 2.24) is 15.0 Å². The molecule has 2 aromatic heterocycles. The van der Waals surface area contributed by atoms with Crippen molar-refractivity contribution in [3.63, 3.8) is 0 Å². The van der Waals surface area contributed by atoms with Crippen molar-refractivity contribution in [2.24, 2.45) is 5.73 Å². The van der Waals surface area contributed by atoms with Gasteiger partial charge >= 0.3 is 0 Å². The van der Waals surface area contributed by atoms with E-state index >= 15 is 0 Å². The van der Waals surface area contributed by atoms with Gasteiger partial charge in [-0.15, -0.1) is 0 Å². The predicted molar refractivity (Wildman–Crippen MR) is 58.3 cm³/mol. The van der Waals surface area contributed by atoms with Gasteiger partial charge in [0.15, 0.2) is 0 Å². The SMILES string of the molecule is NCc1cccc(Sc2cnccn2)n1. The largest absolute Gasteiger partial charge is 0.325 e. The first-order valence-electron chi connectivity index (χ1n) is 4.48. The van der Waals surface area contributed by atoms with Crippen LogP contribution in [0.15, 0.2) is 46.8 Å². The Balaban J connectivity index is 2.17. The topological polar surface area (TPSA) is 64.7 Å². The Labute approximate surface area is 92.0 Å². The Morgan fingerprint density at radius 3 is 2.87 bits per heavy atom. The van der Waals surface area contributed by atoms with Crippen LogP contribution in [0.3, 0.4) is 0 Å². The highest BCUT2D eigenvalue weighted by atomic mass is 32.2. The van der Waals surface area contributed by atoms with Crippen LogP contribution in [0.1, 0.15) is 5.69 Å². The number of pyridine rings is 1. The van der Waals surface area contributed by atoms with Gasteiger partial charge < -0.3 is 5.73 Å². The monoisotopic (exact) mass is 218 g/mol. The molecule has 2 N–H and O–H groups in total. The summed E-state index contributed by atoms with van der Waals surface area (Å²) in [6.07, 6.45) is 5.02. The van der Waals surface area contributed by atoms with Gasteiger partial charge in [0.1, 0.15) is 10.1 Å². The normalized spacial score (nSPS) is 10.2. The standard InChI is InChI=1S/C10H10N4S/c11-6-8-2-1-3-9(14-8)15-10-7-12-4-5-13-10/h1-5,7H,6,11H2. The summed E-state index contributed by atoms with van der Waals surface area (Å²) in [7, 11) is 0. The highest BCUT2D eigenvalue weighted by Gasteiger charge is 2.00. The maximum atomic E-state index is 5.51. The van der Waals surface area contributed by atoms with E-state index < -0.39 is 0 Å². The molecule has 0 fully saturated rings. The third-order valence-electron chi connectivity index (χ3n) is 1.74. The van der Waals surface area contributed by atoms with Crippen molar-refractivity contribution < 1.29 is 0 Å². The van der Waals surface area contributed by atoms with Crippen LogP contribution in [-0.4, -0.2) is 15.0 Å². The predicted octanol–water partition coefficient (Wildman–Crippen LogP) is 1.48. The van der Waals surface area contributed by atoms with Crippen LogP contribution in [0.25, 0.3) is 0 Å². The lowest BCUT2D eigenvalue weighted by molar-refractivity contribution is 0.938. The van der Waals surface area contributed by atoms with Gasteiger partial charge in [0.05, 0.1) is 11.9 Å². The van der Waals surface area contributed by atoms with Crippen LogP contribution in [0.5, 0.6) is 0 Å².